The molecule has 0 saturated carbocycles. The van der Waals surface area contributed by atoms with E-state index in [0.29, 0.717) is 23.6 Å². The first kappa shape index (κ1) is 11.9. The fourth-order valence-corrected chi connectivity index (χ4v) is 1.69. The van der Waals surface area contributed by atoms with Crippen molar-refractivity contribution in [1.82, 2.24) is 0 Å². The fourth-order valence-electron chi connectivity index (χ4n) is 1.69. The summed E-state index contributed by atoms with van der Waals surface area (Å²) in [7, 11) is 0. The van der Waals surface area contributed by atoms with E-state index in [1.54, 1.807) is 12.1 Å². The third-order valence-electron chi connectivity index (χ3n) is 2.51. The lowest BCUT2D eigenvalue weighted by Crippen LogP contribution is -1.90. The summed E-state index contributed by atoms with van der Waals surface area (Å²) in [5.74, 6) is 1.27. The largest absolute Gasteiger partial charge is 0.449 e. The summed E-state index contributed by atoms with van der Waals surface area (Å²) >= 11 is 0. The van der Waals surface area contributed by atoms with Crippen molar-refractivity contribution >= 4 is 5.69 Å². The third-order valence-corrected chi connectivity index (χ3v) is 2.51. The zero-order chi connectivity index (χ0) is 12.8. The van der Waals surface area contributed by atoms with Gasteiger partial charge >= 0.3 is 5.69 Å². The van der Waals surface area contributed by atoms with Crippen molar-refractivity contribution in [3.05, 3.63) is 71.7 Å². The Morgan fingerprint density at radius 1 is 1.11 bits per heavy atom. The van der Waals surface area contributed by atoms with Gasteiger partial charge < -0.3 is 4.74 Å². The minimum Gasteiger partial charge on any atom is -0.449 e. The standard InChI is InChI=1S/C15H13N2O/c1-2-7-12-8-6-11-14(17-16)15(12)18-13-9-4-3-5-10-13/h2-6,8-11H,1,7H2/q+1. The van der Waals surface area contributed by atoms with E-state index in [4.69, 9.17) is 10.1 Å². The van der Waals surface area contributed by atoms with E-state index < -0.39 is 0 Å². The molecule has 2 aromatic carbocycles. The Morgan fingerprint density at radius 2 is 1.89 bits per heavy atom. The molecule has 0 aliphatic rings. The van der Waals surface area contributed by atoms with Crippen LogP contribution in [0.2, 0.25) is 0 Å². The number of diazo groups is 1. The van der Waals surface area contributed by atoms with Gasteiger partial charge in [-0.3, -0.25) is 0 Å². The van der Waals surface area contributed by atoms with E-state index >= 15 is 0 Å². The van der Waals surface area contributed by atoms with Gasteiger partial charge in [-0.25, -0.2) is 0 Å². The zero-order valence-electron chi connectivity index (χ0n) is 9.91. The molecule has 0 saturated heterocycles. The molecule has 0 atom stereocenters. The monoisotopic (exact) mass is 237 g/mol. The second-order valence-electron chi connectivity index (χ2n) is 3.77. The highest BCUT2D eigenvalue weighted by Gasteiger charge is 2.19. The molecule has 2 rings (SSSR count). The average Bonchev–Trinajstić information content (AvgIpc) is 2.42. The van der Waals surface area contributed by atoms with Crippen LogP contribution in [-0.2, 0) is 6.42 Å². The molecule has 0 aliphatic heterocycles. The molecule has 0 aliphatic carbocycles. The van der Waals surface area contributed by atoms with Crippen molar-refractivity contribution in [3.63, 3.8) is 0 Å². The van der Waals surface area contributed by atoms with Crippen LogP contribution in [0.3, 0.4) is 0 Å². The molecule has 0 unspecified atom stereocenters. The Kier molecular flexibility index (Phi) is 3.72. The topological polar surface area (TPSA) is 37.4 Å². The van der Waals surface area contributed by atoms with Crippen molar-refractivity contribution in [3.8, 4) is 11.5 Å². The average molecular weight is 237 g/mol. The van der Waals surface area contributed by atoms with Crippen molar-refractivity contribution in [2.24, 2.45) is 0 Å². The molecule has 0 heterocycles. The lowest BCUT2D eigenvalue weighted by Gasteiger charge is -2.07. The van der Waals surface area contributed by atoms with Gasteiger partial charge in [-0.15, -0.1) is 6.58 Å². The molecule has 0 bridgehead atoms. The highest BCUT2D eigenvalue weighted by atomic mass is 16.5. The summed E-state index contributed by atoms with van der Waals surface area (Å²) in [6, 6.07) is 14.9. The van der Waals surface area contributed by atoms with E-state index in [1.165, 1.54) is 0 Å². The summed E-state index contributed by atoms with van der Waals surface area (Å²) in [6.07, 6.45) is 2.44. The van der Waals surface area contributed by atoms with Crippen LogP contribution in [0.1, 0.15) is 5.56 Å². The highest BCUT2D eigenvalue weighted by molar-refractivity contribution is 5.62. The van der Waals surface area contributed by atoms with Crippen molar-refractivity contribution in [1.29, 1.82) is 5.39 Å². The van der Waals surface area contributed by atoms with E-state index in [1.807, 2.05) is 42.5 Å². The first-order valence-corrected chi connectivity index (χ1v) is 5.66. The Labute approximate surface area is 106 Å². The van der Waals surface area contributed by atoms with Gasteiger partial charge in [-0.1, -0.05) is 36.4 Å². The Morgan fingerprint density at radius 3 is 2.56 bits per heavy atom. The van der Waals surface area contributed by atoms with Crippen LogP contribution >= 0.6 is 0 Å². The van der Waals surface area contributed by atoms with Crippen LogP contribution in [0, 0.1) is 5.39 Å². The van der Waals surface area contributed by atoms with Crippen LogP contribution in [0.15, 0.2) is 61.2 Å². The number of allylic oxidation sites excluding steroid dienone is 1. The van der Waals surface area contributed by atoms with Gasteiger partial charge in [0.1, 0.15) is 5.75 Å². The minimum absolute atomic E-state index is 0.415. The number of benzene rings is 2. The van der Waals surface area contributed by atoms with Gasteiger partial charge in [0.25, 0.3) is 0 Å². The highest BCUT2D eigenvalue weighted by Crippen LogP contribution is 2.35. The van der Waals surface area contributed by atoms with Crippen molar-refractivity contribution < 1.29 is 4.74 Å². The number of hydrogen-bond acceptors (Lipinski definition) is 2. The molecule has 0 spiro atoms. The summed E-state index contributed by atoms with van der Waals surface area (Å²) in [6.45, 7) is 3.71. The second kappa shape index (κ2) is 5.65. The molecular weight excluding hydrogens is 224 g/mol. The van der Waals surface area contributed by atoms with Gasteiger partial charge in [0.05, 0.1) is 0 Å². The molecule has 0 radical (unpaired) electrons. The van der Waals surface area contributed by atoms with Crippen molar-refractivity contribution in [2.45, 2.75) is 6.42 Å². The van der Waals surface area contributed by atoms with Crippen LogP contribution in [0.25, 0.3) is 4.98 Å². The molecule has 0 aromatic heterocycles. The number of nitrogens with zero attached hydrogens (tertiary/aromatic N) is 2. The SMILES string of the molecule is C=CCc1cccc([N+]#N)c1Oc1ccccc1. The normalized spacial score (nSPS) is 9.50. The lowest BCUT2D eigenvalue weighted by atomic mass is 10.1. The summed E-state index contributed by atoms with van der Waals surface area (Å²) < 4.78 is 5.78. The number of hydrogen-bond donors (Lipinski definition) is 0. The molecule has 3 heteroatoms. The minimum atomic E-state index is 0.415. The predicted octanol–water partition coefficient (Wildman–Crippen LogP) is 4.69. The maximum absolute atomic E-state index is 9.01. The molecule has 18 heavy (non-hydrogen) atoms. The molecule has 3 nitrogen and oxygen atoms in total. The summed E-state index contributed by atoms with van der Waals surface area (Å²) in [4.78, 5) is 3.25. The quantitative estimate of drug-likeness (QED) is 0.571. The van der Waals surface area contributed by atoms with Crippen LogP contribution < -0.4 is 4.74 Å². The van der Waals surface area contributed by atoms with E-state index in [-0.39, 0.29) is 0 Å². The van der Waals surface area contributed by atoms with E-state index in [2.05, 4.69) is 11.6 Å². The molecule has 88 valence electrons. The Balaban J connectivity index is 2.42. The Hall–Kier alpha value is -2.60. The van der Waals surface area contributed by atoms with E-state index in [9.17, 15) is 0 Å². The summed E-state index contributed by atoms with van der Waals surface area (Å²) in [5, 5.41) is 9.01. The Bertz CT molecular complexity index is 585. The molecule has 0 N–H and O–H groups in total. The molecule has 0 fully saturated rings. The number of ether oxygens (including phenoxy) is 1. The molecule has 2 aromatic rings. The predicted molar refractivity (Wildman–Crippen MR) is 71.6 cm³/mol. The van der Waals surface area contributed by atoms with Gasteiger partial charge in [0.15, 0.2) is 4.98 Å². The smallest absolute Gasteiger partial charge is 0.427 e. The maximum Gasteiger partial charge on any atom is 0.427 e. The fraction of sp³-hybridized carbons (Fsp3) is 0.0667. The van der Waals surface area contributed by atoms with Crippen LogP contribution in [0.4, 0.5) is 5.69 Å². The van der Waals surface area contributed by atoms with Gasteiger partial charge in [0.2, 0.25) is 11.1 Å². The van der Waals surface area contributed by atoms with Crippen LogP contribution in [-0.4, -0.2) is 0 Å². The molecule has 0 amide bonds. The van der Waals surface area contributed by atoms with Crippen LogP contribution in [0.5, 0.6) is 11.5 Å². The number of para-hydroxylation sites is 2. The maximum atomic E-state index is 9.01. The van der Waals surface area contributed by atoms with E-state index in [0.717, 1.165) is 5.56 Å². The van der Waals surface area contributed by atoms with Gasteiger partial charge in [-0.2, -0.15) is 0 Å². The van der Waals surface area contributed by atoms with Gasteiger partial charge in [0, 0.05) is 11.6 Å². The lowest BCUT2D eigenvalue weighted by molar-refractivity contribution is 0.480. The first-order chi connectivity index (χ1) is 8.85. The van der Waals surface area contributed by atoms with Gasteiger partial charge in [-0.05, 0) is 18.6 Å². The van der Waals surface area contributed by atoms with Crippen molar-refractivity contribution in [2.75, 3.05) is 0 Å². The summed E-state index contributed by atoms with van der Waals surface area (Å²) in [5.41, 5.74) is 1.35. The zero-order valence-corrected chi connectivity index (χ0v) is 9.91. The second-order valence-corrected chi connectivity index (χ2v) is 3.77. The number of rotatable bonds is 4. The third kappa shape index (κ3) is 2.55. The first-order valence-electron chi connectivity index (χ1n) is 5.66. The molecular formula is C15H13N2O+.